The number of amides is 1. The fourth-order valence-electron chi connectivity index (χ4n) is 1.90. The van der Waals surface area contributed by atoms with Gasteiger partial charge < -0.3 is 11.1 Å². The van der Waals surface area contributed by atoms with Gasteiger partial charge in [0, 0.05) is 17.7 Å². The Bertz CT molecular complexity index is 487. The molecule has 17 heavy (non-hydrogen) atoms. The Morgan fingerprint density at radius 3 is 2.71 bits per heavy atom. The SMILES string of the molecule is CC(C)(N)C(=O)c1ccc2c(c1)CCC(=O)N2. The molecule has 1 amide bonds. The van der Waals surface area contributed by atoms with Crippen LogP contribution in [0.15, 0.2) is 18.2 Å². The zero-order valence-corrected chi connectivity index (χ0v) is 10.0. The third-order valence-corrected chi connectivity index (χ3v) is 2.85. The molecule has 1 heterocycles. The van der Waals surface area contributed by atoms with E-state index in [1.807, 2.05) is 6.07 Å². The smallest absolute Gasteiger partial charge is 0.224 e. The van der Waals surface area contributed by atoms with Crippen LogP contribution >= 0.6 is 0 Å². The van der Waals surface area contributed by atoms with E-state index in [-0.39, 0.29) is 11.7 Å². The van der Waals surface area contributed by atoms with Gasteiger partial charge in [-0.3, -0.25) is 9.59 Å². The molecule has 0 aliphatic carbocycles. The number of benzene rings is 1. The van der Waals surface area contributed by atoms with Crippen molar-refractivity contribution in [1.82, 2.24) is 0 Å². The predicted molar refractivity (Wildman–Crippen MR) is 66.0 cm³/mol. The van der Waals surface area contributed by atoms with Crippen molar-refractivity contribution in [3.8, 4) is 0 Å². The highest BCUT2D eigenvalue weighted by atomic mass is 16.1. The molecule has 0 aromatic heterocycles. The molecule has 0 spiro atoms. The summed E-state index contributed by atoms with van der Waals surface area (Å²) < 4.78 is 0. The Balaban J connectivity index is 2.35. The van der Waals surface area contributed by atoms with Crippen molar-refractivity contribution in [3.05, 3.63) is 29.3 Å². The highest BCUT2D eigenvalue weighted by Crippen LogP contribution is 2.24. The molecule has 0 saturated heterocycles. The van der Waals surface area contributed by atoms with E-state index in [9.17, 15) is 9.59 Å². The van der Waals surface area contributed by atoms with E-state index in [0.29, 0.717) is 18.4 Å². The lowest BCUT2D eigenvalue weighted by atomic mass is 9.91. The molecule has 0 atom stereocenters. The summed E-state index contributed by atoms with van der Waals surface area (Å²) in [5, 5.41) is 2.78. The fraction of sp³-hybridized carbons (Fsp3) is 0.385. The minimum Gasteiger partial charge on any atom is -0.326 e. The summed E-state index contributed by atoms with van der Waals surface area (Å²) in [5.74, 6) is -0.0621. The molecule has 1 aromatic carbocycles. The second-order valence-corrected chi connectivity index (χ2v) is 4.97. The molecule has 1 aliphatic heterocycles. The summed E-state index contributed by atoms with van der Waals surface area (Å²) in [6, 6.07) is 5.30. The topological polar surface area (TPSA) is 72.2 Å². The third-order valence-electron chi connectivity index (χ3n) is 2.85. The zero-order chi connectivity index (χ0) is 12.6. The molecular formula is C13H16N2O2. The summed E-state index contributed by atoms with van der Waals surface area (Å²) in [6.45, 7) is 3.38. The average molecular weight is 232 g/mol. The minimum atomic E-state index is -0.869. The number of nitrogens with two attached hydrogens (primary N) is 1. The van der Waals surface area contributed by atoms with Gasteiger partial charge >= 0.3 is 0 Å². The molecule has 1 aliphatic rings. The first-order valence-corrected chi connectivity index (χ1v) is 5.64. The number of fused-ring (bicyclic) bond motifs is 1. The molecule has 4 heteroatoms. The predicted octanol–water partition coefficient (Wildman–Crippen LogP) is 1.49. The van der Waals surface area contributed by atoms with Crippen molar-refractivity contribution in [3.63, 3.8) is 0 Å². The van der Waals surface area contributed by atoms with E-state index in [0.717, 1.165) is 11.3 Å². The number of aryl methyl sites for hydroxylation is 1. The monoisotopic (exact) mass is 232 g/mol. The maximum atomic E-state index is 12.0. The Morgan fingerprint density at radius 2 is 2.06 bits per heavy atom. The van der Waals surface area contributed by atoms with E-state index >= 15 is 0 Å². The number of Topliss-reactive ketones (excluding diaryl/α,β-unsaturated/α-hetero) is 1. The van der Waals surface area contributed by atoms with Crippen LogP contribution in [0.3, 0.4) is 0 Å². The van der Waals surface area contributed by atoms with E-state index in [4.69, 9.17) is 5.73 Å². The largest absolute Gasteiger partial charge is 0.326 e. The van der Waals surface area contributed by atoms with Crippen molar-refractivity contribution in [1.29, 1.82) is 0 Å². The Labute approximate surface area is 100 Å². The van der Waals surface area contributed by atoms with E-state index in [1.165, 1.54) is 0 Å². The first kappa shape index (κ1) is 11.8. The molecule has 0 radical (unpaired) electrons. The van der Waals surface area contributed by atoms with Crippen LogP contribution in [0.2, 0.25) is 0 Å². The van der Waals surface area contributed by atoms with Crippen LogP contribution in [-0.4, -0.2) is 17.2 Å². The van der Waals surface area contributed by atoms with Crippen molar-refractivity contribution < 1.29 is 9.59 Å². The highest BCUT2D eigenvalue weighted by Gasteiger charge is 2.25. The second-order valence-electron chi connectivity index (χ2n) is 4.97. The van der Waals surface area contributed by atoms with Crippen molar-refractivity contribution >= 4 is 17.4 Å². The minimum absolute atomic E-state index is 0.0238. The quantitative estimate of drug-likeness (QED) is 0.759. The van der Waals surface area contributed by atoms with Gasteiger partial charge in [0.25, 0.3) is 0 Å². The van der Waals surface area contributed by atoms with E-state index < -0.39 is 5.54 Å². The molecule has 0 fully saturated rings. The molecule has 2 rings (SSSR count). The van der Waals surface area contributed by atoms with Gasteiger partial charge in [0.15, 0.2) is 5.78 Å². The van der Waals surface area contributed by atoms with Gasteiger partial charge in [-0.25, -0.2) is 0 Å². The maximum absolute atomic E-state index is 12.0. The van der Waals surface area contributed by atoms with E-state index in [1.54, 1.807) is 26.0 Å². The van der Waals surface area contributed by atoms with Gasteiger partial charge in [-0.2, -0.15) is 0 Å². The molecule has 0 saturated carbocycles. The molecule has 3 N–H and O–H groups in total. The van der Waals surface area contributed by atoms with E-state index in [2.05, 4.69) is 5.32 Å². The number of carbonyl (C=O) groups excluding carboxylic acids is 2. The summed E-state index contributed by atoms with van der Waals surface area (Å²) in [5.41, 5.74) is 7.32. The number of ketones is 1. The first-order valence-electron chi connectivity index (χ1n) is 5.64. The number of carbonyl (C=O) groups is 2. The number of hydrogen-bond acceptors (Lipinski definition) is 3. The van der Waals surface area contributed by atoms with Gasteiger partial charge in [0.1, 0.15) is 0 Å². The van der Waals surface area contributed by atoms with Crippen LogP contribution in [-0.2, 0) is 11.2 Å². The summed E-state index contributed by atoms with van der Waals surface area (Å²) >= 11 is 0. The lowest BCUT2D eigenvalue weighted by molar-refractivity contribution is -0.116. The molecule has 90 valence electrons. The zero-order valence-electron chi connectivity index (χ0n) is 10.0. The Hall–Kier alpha value is -1.68. The lowest BCUT2D eigenvalue weighted by Gasteiger charge is -2.20. The summed E-state index contributed by atoms with van der Waals surface area (Å²) in [4.78, 5) is 23.2. The van der Waals surface area contributed by atoms with Crippen LogP contribution < -0.4 is 11.1 Å². The maximum Gasteiger partial charge on any atom is 0.224 e. The van der Waals surface area contributed by atoms with Crippen molar-refractivity contribution in [2.75, 3.05) is 5.32 Å². The van der Waals surface area contributed by atoms with Crippen molar-refractivity contribution in [2.45, 2.75) is 32.2 Å². The summed E-state index contributed by atoms with van der Waals surface area (Å²) in [6.07, 6.45) is 1.14. The van der Waals surface area contributed by atoms with Crippen LogP contribution in [0.1, 0.15) is 36.2 Å². The Kier molecular flexibility index (Phi) is 2.75. The highest BCUT2D eigenvalue weighted by molar-refractivity contribution is 6.03. The number of rotatable bonds is 2. The van der Waals surface area contributed by atoms with Crippen LogP contribution in [0.5, 0.6) is 0 Å². The lowest BCUT2D eigenvalue weighted by Crippen LogP contribution is -2.41. The standard InChI is InChI=1S/C13H16N2O2/c1-13(2,14)12(17)9-3-5-10-8(7-9)4-6-11(16)15-10/h3,5,7H,4,6,14H2,1-2H3,(H,15,16). The average Bonchev–Trinajstić information content (AvgIpc) is 2.26. The molecule has 0 unspecified atom stereocenters. The summed E-state index contributed by atoms with van der Waals surface area (Å²) in [7, 11) is 0. The normalized spacial score (nSPS) is 15.1. The fourth-order valence-corrected chi connectivity index (χ4v) is 1.90. The number of hydrogen-bond donors (Lipinski definition) is 2. The second kappa shape index (κ2) is 3.96. The third kappa shape index (κ3) is 2.36. The first-order chi connectivity index (χ1) is 7.88. The number of anilines is 1. The molecule has 1 aromatic rings. The van der Waals surface area contributed by atoms with Gasteiger partial charge in [0.2, 0.25) is 5.91 Å². The van der Waals surface area contributed by atoms with Gasteiger partial charge in [-0.05, 0) is 44.0 Å². The van der Waals surface area contributed by atoms with Crippen LogP contribution in [0.25, 0.3) is 0 Å². The molecule has 0 bridgehead atoms. The molecule has 4 nitrogen and oxygen atoms in total. The molecular weight excluding hydrogens is 216 g/mol. The van der Waals surface area contributed by atoms with Crippen LogP contribution in [0.4, 0.5) is 5.69 Å². The van der Waals surface area contributed by atoms with Gasteiger partial charge in [0.05, 0.1) is 5.54 Å². The number of nitrogens with one attached hydrogen (secondary N) is 1. The van der Waals surface area contributed by atoms with Crippen LogP contribution in [0, 0.1) is 0 Å². The van der Waals surface area contributed by atoms with Gasteiger partial charge in [-0.15, -0.1) is 0 Å². The van der Waals surface area contributed by atoms with Gasteiger partial charge in [-0.1, -0.05) is 0 Å². The van der Waals surface area contributed by atoms with Crippen molar-refractivity contribution in [2.24, 2.45) is 5.73 Å². The Morgan fingerprint density at radius 1 is 1.35 bits per heavy atom.